The molecule has 1 saturated heterocycles. The number of nitrogens with zero attached hydrogens (tertiary/aromatic N) is 1. The van der Waals surface area contributed by atoms with E-state index in [0.29, 0.717) is 36.8 Å². The summed E-state index contributed by atoms with van der Waals surface area (Å²) in [4.78, 5) is 27.6. The summed E-state index contributed by atoms with van der Waals surface area (Å²) in [5.74, 6) is -0.119. The second kappa shape index (κ2) is 9.83. The number of hydrogen-bond acceptors (Lipinski definition) is 5. The number of allylic oxidation sites excluding steroid dienone is 1. The summed E-state index contributed by atoms with van der Waals surface area (Å²) in [6, 6.07) is 17.3. The number of rotatable bonds is 7. The number of benzene rings is 2. The van der Waals surface area contributed by atoms with E-state index in [1.807, 2.05) is 54.6 Å². The first-order chi connectivity index (χ1) is 15.6. The monoisotopic (exact) mass is 433 g/mol. The van der Waals surface area contributed by atoms with Gasteiger partial charge in [-0.15, -0.1) is 0 Å². The first-order valence-electron chi connectivity index (χ1n) is 10.8. The van der Waals surface area contributed by atoms with Gasteiger partial charge in [0.25, 0.3) is 5.91 Å². The molecule has 2 aliphatic heterocycles. The number of carbonyl (C=O) groups excluding carboxylic acids is 2. The SMILES string of the molecule is COC(=O)C1=C(C)N(CC2CCCO2)C(=O)/C1=C\c1ccccc1OCc1ccccc1. The van der Waals surface area contributed by atoms with Crippen molar-refractivity contribution in [3.05, 3.63) is 82.6 Å². The minimum Gasteiger partial charge on any atom is -0.488 e. The van der Waals surface area contributed by atoms with Gasteiger partial charge in [-0.25, -0.2) is 4.79 Å². The second-order valence-electron chi connectivity index (χ2n) is 7.87. The van der Waals surface area contributed by atoms with Crippen molar-refractivity contribution in [2.75, 3.05) is 20.3 Å². The molecule has 0 spiro atoms. The van der Waals surface area contributed by atoms with Gasteiger partial charge in [0.1, 0.15) is 12.4 Å². The molecular formula is C26H27NO5. The van der Waals surface area contributed by atoms with Gasteiger partial charge in [-0.1, -0.05) is 48.5 Å². The van der Waals surface area contributed by atoms with Crippen LogP contribution in [0.15, 0.2) is 71.4 Å². The molecule has 0 bridgehead atoms. The van der Waals surface area contributed by atoms with E-state index in [1.165, 1.54) is 7.11 Å². The Morgan fingerprint density at radius 3 is 2.62 bits per heavy atom. The molecule has 166 valence electrons. The van der Waals surface area contributed by atoms with Crippen LogP contribution in [0, 0.1) is 0 Å². The van der Waals surface area contributed by atoms with Crippen LogP contribution < -0.4 is 4.74 Å². The number of carbonyl (C=O) groups is 2. The summed E-state index contributed by atoms with van der Waals surface area (Å²) < 4.78 is 16.7. The molecule has 2 aromatic carbocycles. The summed E-state index contributed by atoms with van der Waals surface area (Å²) in [6.07, 6.45) is 3.58. The highest BCUT2D eigenvalue weighted by atomic mass is 16.5. The van der Waals surface area contributed by atoms with Gasteiger partial charge in [0.2, 0.25) is 0 Å². The molecule has 0 aliphatic carbocycles. The summed E-state index contributed by atoms with van der Waals surface area (Å²) in [5, 5.41) is 0. The Balaban J connectivity index is 1.64. The van der Waals surface area contributed by atoms with E-state index in [0.717, 1.165) is 24.0 Å². The van der Waals surface area contributed by atoms with E-state index in [2.05, 4.69) is 0 Å². The van der Waals surface area contributed by atoms with Gasteiger partial charge < -0.3 is 19.1 Å². The van der Waals surface area contributed by atoms with Crippen molar-refractivity contribution >= 4 is 18.0 Å². The number of esters is 1. The largest absolute Gasteiger partial charge is 0.488 e. The highest BCUT2D eigenvalue weighted by Gasteiger charge is 2.38. The van der Waals surface area contributed by atoms with Gasteiger partial charge in [-0.05, 0) is 37.5 Å². The molecule has 0 saturated carbocycles. The van der Waals surface area contributed by atoms with E-state index < -0.39 is 5.97 Å². The number of para-hydroxylation sites is 1. The Hall–Kier alpha value is -3.38. The molecule has 1 amide bonds. The van der Waals surface area contributed by atoms with Gasteiger partial charge >= 0.3 is 5.97 Å². The topological polar surface area (TPSA) is 65.1 Å². The fourth-order valence-corrected chi connectivity index (χ4v) is 4.06. The Kier molecular flexibility index (Phi) is 6.71. The van der Waals surface area contributed by atoms with Gasteiger partial charge in [0.15, 0.2) is 0 Å². The second-order valence-corrected chi connectivity index (χ2v) is 7.87. The van der Waals surface area contributed by atoms with Crippen LogP contribution >= 0.6 is 0 Å². The minimum absolute atomic E-state index is 0.0198. The molecule has 32 heavy (non-hydrogen) atoms. The molecular weight excluding hydrogens is 406 g/mol. The Morgan fingerprint density at radius 2 is 1.91 bits per heavy atom. The molecule has 0 N–H and O–H groups in total. The van der Waals surface area contributed by atoms with Gasteiger partial charge in [-0.2, -0.15) is 0 Å². The van der Waals surface area contributed by atoms with E-state index >= 15 is 0 Å². The molecule has 1 unspecified atom stereocenters. The van der Waals surface area contributed by atoms with Crippen LogP contribution in [0.3, 0.4) is 0 Å². The van der Waals surface area contributed by atoms with Crippen LogP contribution in [-0.2, 0) is 25.7 Å². The average Bonchev–Trinajstić information content (AvgIpc) is 3.41. The third-order valence-corrected chi connectivity index (χ3v) is 5.77. The van der Waals surface area contributed by atoms with Crippen molar-refractivity contribution in [3.63, 3.8) is 0 Å². The van der Waals surface area contributed by atoms with Crippen LogP contribution in [0.4, 0.5) is 0 Å². The van der Waals surface area contributed by atoms with Crippen molar-refractivity contribution in [1.29, 1.82) is 0 Å². The van der Waals surface area contributed by atoms with Crippen LogP contribution in [0.2, 0.25) is 0 Å². The smallest absolute Gasteiger partial charge is 0.340 e. The Morgan fingerprint density at radius 1 is 1.16 bits per heavy atom. The Labute approximate surface area is 188 Å². The lowest BCUT2D eigenvalue weighted by atomic mass is 10.0. The molecule has 2 aliphatic rings. The Bertz CT molecular complexity index is 1050. The molecule has 0 radical (unpaired) electrons. The van der Waals surface area contributed by atoms with E-state index in [4.69, 9.17) is 14.2 Å². The lowest BCUT2D eigenvalue weighted by Gasteiger charge is -2.21. The third kappa shape index (κ3) is 4.60. The molecule has 2 aromatic rings. The predicted octanol–water partition coefficient (Wildman–Crippen LogP) is 4.12. The van der Waals surface area contributed by atoms with Crippen molar-refractivity contribution in [2.45, 2.75) is 32.5 Å². The first kappa shape index (κ1) is 21.8. The fraction of sp³-hybridized carbons (Fsp3) is 0.308. The zero-order valence-corrected chi connectivity index (χ0v) is 18.4. The highest BCUT2D eigenvalue weighted by molar-refractivity contribution is 6.16. The normalized spacial score (nSPS) is 19.7. The maximum Gasteiger partial charge on any atom is 0.340 e. The minimum atomic E-state index is -0.528. The predicted molar refractivity (Wildman–Crippen MR) is 121 cm³/mol. The zero-order chi connectivity index (χ0) is 22.5. The van der Waals surface area contributed by atoms with Crippen molar-refractivity contribution < 1.29 is 23.8 Å². The standard InChI is InChI=1S/C26H27NO5/c1-18-24(26(29)30-2)22(25(28)27(18)16-21-12-8-14-31-21)15-20-11-6-7-13-23(20)32-17-19-9-4-3-5-10-19/h3-7,9-11,13,15,21H,8,12,14,16-17H2,1-2H3/b22-15-. The van der Waals surface area contributed by atoms with E-state index in [9.17, 15) is 9.59 Å². The fourth-order valence-electron chi connectivity index (χ4n) is 4.06. The lowest BCUT2D eigenvalue weighted by Crippen LogP contribution is -2.33. The van der Waals surface area contributed by atoms with Gasteiger partial charge in [0, 0.05) is 17.9 Å². The molecule has 4 rings (SSSR count). The number of amides is 1. The zero-order valence-electron chi connectivity index (χ0n) is 18.4. The molecule has 6 heteroatoms. The lowest BCUT2D eigenvalue weighted by molar-refractivity contribution is -0.136. The van der Waals surface area contributed by atoms with Crippen LogP contribution in [0.5, 0.6) is 5.75 Å². The summed E-state index contributed by atoms with van der Waals surface area (Å²) in [5.41, 5.74) is 2.95. The molecule has 1 fully saturated rings. The third-order valence-electron chi connectivity index (χ3n) is 5.77. The average molecular weight is 434 g/mol. The summed E-state index contributed by atoms with van der Waals surface area (Å²) >= 11 is 0. The van der Waals surface area contributed by atoms with Gasteiger partial charge in [0.05, 0.1) is 30.9 Å². The number of methoxy groups -OCH3 is 1. The van der Waals surface area contributed by atoms with Crippen LogP contribution in [0.1, 0.15) is 30.9 Å². The molecule has 1 atom stereocenters. The molecule has 6 nitrogen and oxygen atoms in total. The van der Waals surface area contributed by atoms with Crippen molar-refractivity contribution in [2.24, 2.45) is 0 Å². The maximum atomic E-state index is 13.3. The number of ether oxygens (including phenoxy) is 3. The van der Waals surface area contributed by atoms with E-state index in [1.54, 1.807) is 17.9 Å². The van der Waals surface area contributed by atoms with E-state index in [-0.39, 0.29) is 17.6 Å². The van der Waals surface area contributed by atoms with Crippen LogP contribution in [-0.4, -0.2) is 43.1 Å². The van der Waals surface area contributed by atoms with Gasteiger partial charge in [-0.3, -0.25) is 4.79 Å². The van der Waals surface area contributed by atoms with Crippen molar-refractivity contribution in [3.8, 4) is 5.75 Å². The maximum absolute atomic E-state index is 13.3. The molecule has 0 aromatic heterocycles. The quantitative estimate of drug-likeness (QED) is 0.486. The molecule has 2 heterocycles. The van der Waals surface area contributed by atoms with Crippen LogP contribution in [0.25, 0.3) is 6.08 Å². The first-order valence-corrected chi connectivity index (χ1v) is 10.8. The summed E-state index contributed by atoms with van der Waals surface area (Å²) in [6.45, 7) is 3.30. The number of hydrogen-bond donors (Lipinski definition) is 0. The van der Waals surface area contributed by atoms with Crippen molar-refractivity contribution in [1.82, 2.24) is 4.90 Å². The summed E-state index contributed by atoms with van der Waals surface area (Å²) in [7, 11) is 1.32. The highest BCUT2D eigenvalue weighted by Crippen LogP contribution is 2.34.